The Morgan fingerprint density at radius 3 is 2.73 bits per heavy atom. The number of hydrogen-bond donors (Lipinski definition) is 0. The Balaban J connectivity index is 1.42. The second-order valence-corrected chi connectivity index (χ2v) is 8.01. The minimum atomic E-state index is 0.655. The van der Waals surface area contributed by atoms with Crippen molar-refractivity contribution < 1.29 is 0 Å². The van der Waals surface area contributed by atoms with Crippen LogP contribution < -0.4 is 0 Å². The Hall–Kier alpha value is -2.45. The molecule has 0 unspecified atom stereocenters. The van der Waals surface area contributed by atoms with Crippen molar-refractivity contribution in [2.24, 2.45) is 0 Å². The molecule has 6 nitrogen and oxygen atoms in total. The van der Waals surface area contributed by atoms with Crippen LogP contribution >= 0.6 is 21.6 Å². The van der Waals surface area contributed by atoms with Gasteiger partial charge < -0.3 is 0 Å². The molecule has 4 aromatic rings. The topological polar surface area (TPSA) is 69.4 Å². The monoisotopic (exact) mass is 380 g/mol. The van der Waals surface area contributed by atoms with E-state index in [1.807, 2.05) is 39.9 Å². The third kappa shape index (κ3) is 4.03. The Bertz CT molecular complexity index is 989. The van der Waals surface area contributed by atoms with E-state index in [2.05, 4.69) is 49.5 Å². The maximum absolute atomic E-state index is 4.33. The van der Waals surface area contributed by atoms with Gasteiger partial charge in [-0.05, 0) is 40.5 Å². The highest BCUT2D eigenvalue weighted by molar-refractivity contribution is 8.76. The standard InChI is InChI=1S/C18H16N6S2/c1-2-6-15(12-24-18-16(22-23-24)11-19-13-21-18)14(5-1)8-10-25-26-17-7-3-4-9-20-17/h1-7,9,11,13H,8,10,12H2. The number of aromatic nitrogens is 6. The summed E-state index contributed by atoms with van der Waals surface area (Å²) in [6, 6.07) is 14.4. The molecule has 1 aromatic carbocycles. The van der Waals surface area contributed by atoms with Gasteiger partial charge in [0.25, 0.3) is 0 Å². The van der Waals surface area contributed by atoms with Crippen LogP contribution in [0.3, 0.4) is 0 Å². The lowest BCUT2D eigenvalue weighted by molar-refractivity contribution is 0.660. The first kappa shape index (κ1) is 17.0. The van der Waals surface area contributed by atoms with Gasteiger partial charge in [0.1, 0.15) is 11.4 Å². The minimum Gasteiger partial charge on any atom is -0.249 e. The highest BCUT2D eigenvalue weighted by atomic mass is 33.1. The molecule has 0 saturated heterocycles. The van der Waals surface area contributed by atoms with Crippen LogP contribution in [-0.2, 0) is 13.0 Å². The van der Waals surface area contributed by atoms with Gasteiger partial charge in [0.15, 0.2) is 11.2 Å². The van der Waals surface area contributed by atoms with Gasteiger partial charge in [-0.25, -0.2) is 19.6 Å². The lowest BCUT2D eigenvalue weighted by Gasteiger charge is -2.09. The van der Waals surface area contributed by atoms with Crippen molar-refractivity contribution in [2.75, 3.05) is 5.75 Å². The lowest BCUT2D eigenvalue weighted by atomic mass is 10.1. The fourth-order valence-electron chi connectivity index (χ4n) is 2.60. The van der Waals surface area contributed by atoms with Crippen LogP contribution in [-0.4, -0.2) is 35.7 Å². The molecule has 0 atom stereocenters. The number of hydrogen-bond acceptors (Lipinski definition) is 7. The molecule has 4 rings (SSSR count). The van der Waals surface area contributed by atoms with Crippen molar-refractivity contribution in [1.82, 2.24) is 29.9 Å². The first-order chi connectivity index (χ1) is 12.9. The van der Waals surface area contributed by atoms with E-state index in [0.717, 1.165) is 22.8 Å². The maximum atomic E-state index is 4.33. The lowest BCUT2D eigenvalue weighted by Crippen LogP contribution is -2.06. The molecule has 3 aromatic heterocycles. The summed E-state index contributed by atoms with van der Waals surface area (Å²) in [4.78, 5) is 12.6. The number of fused-ring (bicyclic) bond motifs is 1. The van der Waals surface area contributed by atoms with Crippen molar-refractivity contribution in [2.45, 2.75) is 18.0 Å². The van der Waals surface area contributed by atoms with Crippen LogP contribution in [0.5, 0.6) is 0 Å². The maximum Gasteiger partial charge on any atom is 0.181 e. The Kier molecular flexibility index (Phi) is 5.41. The van der Waals surface area contributed by atoms with E-state index in [1.165, 1.54) is 17.5 Å². The number of nitrogens with zero attached hydrogens (tertiary/aromatic N) is 6. The molecule has 130 valence electrons. The van der Waals surface area contributed by atoms with Crippen LogP contribution in [0.25, 0.3) is 11.2 Å². The van der Waals surface area contributed by atoms with Gasteiger partial charge in [-0.2, -0.15) is 0 Å². The summed E-state index contributed by atoms with van der Waals surface area (Å²) in [5.41, 5.74) is 4.03. The van der Waals surface area contributed by atoms with E-state index in [-0.39, 0.29) is 0 Å². The van der Waals surface area contributed by atoms with Crippen molar-refractivity contribution in [1.29, 1.82) is 0 Å². The average Bonchev–Trinajstić information content (AvgIpc) is 3.10. The zero-order chi connectivity index (χ0) is 17.6. The van der Waals surface area contributed by atoms with Crippen LogP contribution in [0.15, 0.2) is 66.2 Å². The van der Waals surface area contributed by atoms with Gasteiger partial charge in [-0.3, -0.25) is 0 Å². The third-order valence-corrected chi connectivity index (χ3v) is 6.12. The summed E-state index contributed by atoms with van der Waals surface area (Å²) in [7, 11) is 3.53. The summed E-state index contributed by atoms with van der Waals surface area (Å²) < 4.78 is 1.83. The van der Waals surface area contributed by atoms with E-state index >= 15 is 0 Å². The Morgan fingerprint density at radius 1 is 0.962 bits per heavy atom. The fourth-order valence-corrected chi connectivity index (χ4v) is 4.51. The van der Waals surface area contributed by atoms with Gasteiger partial charge >= 0.3 is 0 Å². The molecule has 0 saturated carbocycles. The van der Waals surface area contributed by atoms with E-state index in [0.29, 0.717) is 12.1 Å². The predicted octanol–water partition coefficient (Wildman–Crippen LogP) is 3.65. The molecule has 0 aliphatic carbocycles. The molecule has 0 N–H and O–H groups in total. The zero-order valence-corrected chi connectivity index (χ0v) is 15.5. The summed E-state index contributed by atoms with van der Waals surface area (Å²) in [6.45, 7) is 0.655. The number of rotatable bonds is 7. The van der Waals surface area contributed by atoms with Crippen molar-refractivity contribution >= 4 is 32.8 Å². The van der Waals surface area contributed by atoms with Crippen LogP contribution in [0.2, 0.25) is 0 Å². The van der Waals surface area contributed by atoms with Crippen LogP contribution in [0.1, 0.15) is 11.1 Å². The largest absolute Gasteiger partial charge is 0.249 e. The third-order valence-electron chi connectivity index (χ3n) is 3.85. The van der Waals surface area contributed by atoms with Gasteiger partial charge in [-0.1, -0.05) is 46.3 Å². The molecule has 26 heavy (non-hydrogen) atoms. The number of benzene rings is 1. The number of aryl methyl sites for hydroxylation is 1. The molecule has 0 aliphatic rings. The molecule has 0 bridgehead atoms. The molecule has 3 heterocycles. The van der Waals surface area contributed by atoms with Crippen LogP contribution in [0.4, 0.5) is 0 Å². The van der Waals surface area contributed by atoms with Crippen molar-refractivity contribution in [3.05, 3.63) is 72.3 Å². The molecule has 0 aliphatic heterocycles. The highest BCUT2D eigenvalue weighted by Crippen LogP contribution is 2.29. The summed E-state index contributed by atoms with van der Waals surface area (Å²) in [5.74, 6) is 1.01. The van der Waals surface area contributed by atoms with Gasteiger partial charge in [-0.15, -0.1) is 5.10 Å². The van der Waals surface area contributed by atoms with Crippen molar-refractivity contribution in [3.8, 4) is 0 Å². The normalized spacial score (nSPS) is 11.1. The van der Waals surface area contributed by atoms with E-state index in [9.17, 15) is 0 Å². The minimum absolute atomic E-state index is 0.655. The Labute approximate surface area is 158 Å². The smallest absolute Gasteiger partial charge is 0.181 e. The molecular weight excluding hydrogens is 364 g/mol. The van der Waals surface area contributed by atoms with E-state index in [1.54, 1.807) is 17.0 Å². The highest BCUT2D eigenvalue weighted by Gasteiger charge is 2.09. The summed E-state index contributed by atoms with van der Waals surface area (Å²) in [6.07, 6.45) is 6.02. The molecule has 0 amide bonds. The van der Waals surface area contributed by atoms with E-state index < -0.39 is 0 Å². The molecule has 0 spiro atoms. The Morgan fingerprint density at radius 2 is 1.85 bits per heavy atom. The summed E-state index contributed by atoms with van der Waals surface area (Å²) in [5, 5.41) is 9.38. The molecule has 8 heteroatoms. The average molecular weight is 381 g/mol. The zero-order valence-electron chi connectivity index (χ0n) is 13.9. The molecular formula is C18H16N6S2. The quantitative estimate of drug-likeness (QED) is 0.358. The van der Waals surface area contributed by atoms with Crippen LogP contribution in [0, 0.1) is 0 Å². The van der Waals surface area contributed by atoms with Gasteiger partial charge in [0.05, 0.1) is 12.7 Å². The molecule has 0 radical (unpaired) electrons. The summed E-state index contributed by atoms with van der Waals surface area (Å²) >= 11 is 0. The SMILES string of the molecule is c1ccc(SSCCc2ccccc2Cn2nnc3cncnc32)nc1. The van der Waals surface area contributed by atoms with E-state index in [4.69, 9.17) is 0 Å². The first-order valence-corrected chi connectivity index (χ1v) is 10.5. The molecule has 0 fully saturated rings. The van der Waals surface area contributed by atoms with Gasteiger partial charge in [0, 0.05) is 11.9 Å². The van der Waals surface area contributed by atoms with Gasteiger partial charge in [0.2, 0.25) is 0 Å². The predicted molar refractivity (Wildman–Crippen MR) is 105 cm³/mol. The first-order valence-electron chi connectivity index (χ1n) is 8.16. The van der Waals surface area contributed by atoms with Crippen molar-refractivity contribution in [3.63, 3.8) is 0 Å². The fraction of sp³-hybridized carbons (Fsp3) is 0.167. The second-order valence-electron chi connectivity index (χ2n) is 5.57. The second kappa shape index (κ2) is 8.29. The number of pyridine rings is 1.